The van der Waals surface area contributed by atoms with Crippen LogP contribution in [0.15, 0.2) is 11.1 Å². The van der Waals surface area contributed by atoms with E-state index in [-0.39, 0.29) is 11.8 Å². The van der Waals surface area contributed by atoms with Gasteiger partial charge in [-0.3, -0.25) is 4.79 Å². The summed E-state index contributed by atoms with van der Waals surface area (Å²) in [6.07, 6.45) is 3.49. The Kier molecular flexibility index (Phi) is 2.20. The van der Waals surface area contributed by atoms with Gasteiger partial charge >= 0.3 is 0 Å². The van der Waals surface area contributed by atoms with Crippen molar-refractivity contribution in [2.45, 2.75) is 31.1 Å². The molecular formula is C9H11N5OS. The fraction of sp³-hybridized carbons (Fsp3) is 0.556. The molecule has 84 valence electrons. The minimum Gasteiger partial charge on any atom is -0.305 e. The average Bonchev–Trinajstić information content (AvgIpc) is 2.86. The van der Waals surface area contributed by atoms with Gasteiger partial charge in [0.2, 0.25) is 5.91 Å². The van der Waals surface area contributed by atoms with Crippen molar-refractivity contribution in [2.75, 3.05) is 0 Å². The van der Waals surface area contributed by atoms with Crippen molar-refractivity contribution in [1.29, 1.82) is 0 Å². The SMILES string of the molecule is CC(CC1=CN2C(=O)C[C@H]2S1)c1nn[nH]n1. The Morgan fingerprint density at radius 1 is 1.75 bits per heavy atom. The van der Waals surface area contributed by atoms with E-state index in [1.54, 1.807) is 11.8 Å². The lowest BCUT2D eigenvalue weighted by Crippen LogP contribution is -2.44. The first-order valence-corrected chi connectivity index (χ1v) is 6.04. The molecule has 1 amide bonds. The number of β-lactam (4-membered cyclic amide) rings is 1. The number of nitrogens with one attached hydrogen (secondary N) is 1. The molecule has 3 heterocycles. The molecule has 0 spiro atoms. The Morgan fingerprint density at radius 3 is 3.25 bits per heavy atom. The highest BCUT2D eigenvalue weighted by Crippen LogP contribution is 2.44. The number of hydrogen-bond acceptors (Lipinski definition) is 5. The first kappa shape index (κ1) is 9.83. The molecule has 6 nitrogen and oxygen atoms in total. The second-order valence-corrected chi connectivity index (χ2v) is 5.35. The summed E-state index contributed by atoms with van der Waals surface area (Å²) in [6.45, 7) is 2.06. The van der Waals surface area contributed by atoms with Gasteiger partial charge in [-0.15, -0.1) is 22.0 Å². The van der Waals surface area contributed by atoms with Crippen molar-refractivity contribution in [1.82, 2.24) is 25.5 Å². The van der Waals surface area contributed by atoms with Crippen LogP contribution >= 0.6 is 11.8 Å². The summed E-state index contributed by atoms with van der Waals surface area (Å²) in [5, 5.41) is 14.3. The van der Waals surface area contributed by atoms with E-state index < -0.39 is 0 Å². The lowest BCUT2D eigenvalue weighted by molar-refractivity contribution is -0.137. The highest BCUT2D eigenvalue weighted by Gasteiger charge is 2.40. The normalized spacial score (nSPS) is 25.1. The molecule has 1 N–H and O–H groups in total. The molecular weight excluding hydrogens is 226 g/mol. The molecule has 1 aromatic heterocycles. The number of allylic oxidation sites excluding steroid dienone is 1. The van der Waals surface area contributed by atoms with Gasteiger partial charge in [0.25, 0.3) is 0 Å². The number of thioether (sulfide) groups is 1. The van der Waals surface area contributed by atoms with Gasteiger partial charge in [-0.25, -0.2) is 0 Å². The van der Waals surface area contributed by atoms with Crippen LogP contribution in [-0.4, -0.2) is 36.8 Å². The van der Waals surface area contributed by atoms with Crippen molar-refractivity contribution >= 4 is 17.7 Å². The first-order chi connectivity index (χ1) is 7.74. The predicted molar refractivity (Wildman–Crippen MR) is 58.1 cm³/mol. The molecule has 3 rings (SSSR count). The molecule has 0 radical (unpaired) electrons. The van der Waals surface area contributed by atoms with Crippen LogP contribution in [0.2, 0.25) is 0 Å². The van der Waals surface area contributed by atoms with Gasteiger partial charge in [0.05, 0.1) is 11.8 Å². The largest absolute Gasteiger partial charge is 0.305 e. The first-order valence-electron chi connectivity index (χ1n) is 5.16. The van der Waals surface area contributed by atoms with Gasteiger partial charge in [0, 0.05) is 17.0 Å². The van der Waals surface area contributed by atoms with Gasteiger partial charge in [-0.1, -0.05) is 12.1 Å². The van der Waals surface area contributed by atoms with E-state index in [2.05, 4.69) is 27.5 Å². The van der Waals surface area contributed by atoms with E-state index in [0.717, 1.165) is 12.2 Å². The van der Waals surface area contributed by atoms with E-state index in [1.165, 1.54) is 4.91 Å². The fourth-order valence-corrected chi connectivity index (χ4v) is 3.28. The Labute approximate surface area is 96.5 Å². The summed E-state index contributed by atoms with van der Waals surface area (Å²) in [4.78, 5) is 14.2. The summed E-state index contributed by atoms with van der Waals surface area (Å²) < 4.78 is 0. The number of fused-ring (bicyclic) bond motifs is 1. The Morgan fingerprint density at radius 2 is 2.62 bits per heavy atom. The molecule has 1 unspecified atom stereocenters. The number of amides is 1. The van der Waals surface area contributed by atoms with Gasteiger partial charge in [-0.05, 0) is 6.42 Å². The highest BCUT2D eigenvalue weighted by molar-refractivity contribution is 8.04. The molecule has 0 bridgehead atoms. The highest BCUT2D eigenvalue weighted by atomic mass is 32.2. The van der Waals surface area contributed by atoms with E-state index >= 15 is 0 Å². The topological polar surface area (TPSA) is 74.8 Å². The standard InChI is InChI=1S/C9H11N5OS/c1-5(9-10-12-13-11-9)2-6-4-14-7(15)3-8(14)16-6/h4-5,8H,2-3H2,1H3,(H,10,11,12,13)/t5?,8-/m1/s1. The van der Waals surface area contributed by atoms with Crippen LogP contribution in [-0.2, 0) is 4.79 Å². The van der Waals surface area contributed by atoms with Gasteiger partial charge in [0.1, 0.15) is 0 Å². The van der Waals surface area contributed by atoms with Crippen LogP contribution in [0.1, 0.15) is 31.5 Å². The van der Waals surface area contributed by atoms with Crippen LogP contribution in [0.4, 0.5) is 0 Å². The number of hydrogen-bond donors (Lipinski definition) is 1. The molecule has 2 atom stereocenters. The maximum absolute atomic E-state index is 11.2. The molecule has 0 aromatic carbocycles. The molecule has 16 heavy (non-hydrogen) atoms. The number of carbonyl (C=O) groups is 1. The van der Waals surface area contributed by atoms with Crippen LogP contribution in [0.5, 0.6) is 0 Å². The third kappa shape index (κ3) is 1.51. The number of rotatable bonds is 3. The quantitative estimate of drug-likeness (QED) is 0.788. The zero-order chi connectivity index (χ0) is 11.1. The number of aromatic amines is 1. The monoisotopic (exact) mass is 237 g/mol. The molecule has 7 heteroatoms. The summed E-state index contributed by atoms with van der Waals surface area (Å²) in [5.74, 6) is 1.17. The van der Waals surface area contributed by atoms with Crippen LogP contribution in [0, 0.1) is 0 Å². The second-order valence-electron chi connectivity index (χ2n) is 4.05. The van der Waals surface area contributed by atoms with Gasteiger partial charge in [-0.2, -0.15) is 5.21 Å². The summed E-state index contributed by atoms with van der Waals surface area (Å²) in [7, 11) is 0. The molecule has 1 saturated heterocycles. The zero-order valence-electron chi connectivity index (χ0n) is 8.75. The lowest BCUT2D eigenvalue weighted by atomic mass is 10.1. The van der Waals surface area contributed by atoms with Crippen molar-refractivity contribution in [3.63, 3.8) is 0 Å². The third-order valence-electron chi connectivity index (χ3n) is 2.83. The Balaban J connectivity index is 1.66. The van der Waals surface area contributed by atoms with E-state index in [4.69, 9.17) is 0 Å². The molecule has 1 fully saturated rings. The molecule has 2 aliphatic rings. The minimum atomic E-state index is 0.222. The predicted octanol–water partition coefficient (Wildman–Crippen LogP) is 0.840. The molecule has 0 saturated carbocycles. The maximum atomic E-state index is 11.2. The Bertz CT molecular complexity index is 443. The summed E-state index contributed by atoms with van der Waals surface area (Å²) in [5.41, 5.74) is 0. The maximum Gasteiger partial charge on any atom is 0.230 e. The third-order valence-corrected chi connectivity index (χ3v) is 4.07. The van der Waals surface area contributed by atoms with Crippen molar-refractivity contribution in [3.05, 3.63) is 16.9 Å². The van der Waals surface area contributed by atoms with Crippen LogP contribution < -0.4 is 0 Å². The van der Waals surface area contributed by atoms with Gasteiger partial charge in [0.15, 0.2) is 5.82 Å². The van der Waals surface area contributed by atoms with Crippen molar-refractivity contribution in [2.24, 2.45) is 0 Å². The molecule has 1 aromatic rings. The summed E-state index contributed by atoms with van der Waals surface area (Å²) >= 11 is 1.77. The van der Waals surface area contributed by atoms with E-state index in [1.807, 2.05) is 11.1 Å². The van der Waals surface area contributed by atoms with E-state index in [9.17, 15) is 4.79 Å². The molecule has 0 aliphatic carbocycles. The number of nitrogens with zero attached hydrogens (tertiary/aromatic N) is 4. The minimum absolute atomic E-state index is 0.222. The van der Waals surface area contributed by atoms with Crippen LogP contribution in [0.25, 0.3) is 0 Å². The fourth-order valence-electron chi connectivity index (χ4n) is 1.89. The Hall–Kier alpha value is -1.37. The number of aromatic nitrogens is 4. The summed E-state index contributed by atoms with van der Waals surface area (Å²) in [6, 6.07) is 0. The molecule has 2 aliphatic heterocycles. The number of tetrazole rings is 1. The second kappa shape index (κ2) is 3.58. The van der Waals surface area contributed by atoms with Gasteiger partial charge < -0.3 is 4.90 Å². The number of H-pyrrole nitrogens is 1. The lowest BCUT2D eigenvalue weighted by Gasteiger charge is -2.31. The van der Waals surface area contributed by atoms with Crippen molar-refractivity contribution in [3.8, 4) is 0 Å². The van der Waals surface area contributed by atoms with Crippen molar-refractivity contribution < 1.29 is 4.79 Å². The smallest absolute Gasteiger partial charge is 0.230 e. The average molecular weight is 237 g/mol. The zero-order valence-corrected chi connectivity index (χ0v) is 9.57. The van der Waals surface area contributed by atoms with E-state index in [0.29, 0.717) is 11.8 Å². The van der Waals surface area contributed by atoms with Crippen LogP contribution in [0.3, 0.4) is 0 Å². The number of carbonyl (C=O) groups excluding carboxylic acids is 1.